The second-order valence-corrected chi connectivity index (χ2v) is 4.30. The maximum Gasteiger partial charge on any atom is 0.320 e. The van der Waals surface area contributed by atoms with E-state index in [4.69, 9.17) is 9.84 Å². The van der Waals surface area contributed by atoms with Gasteiger partial charge in [0.15, 0.2) is 0 Å². The highest BCUT2D eigenvalue weighted by Crippen LogP contribution is 2.25. The highest BCUT2D eigenvalue weighted by Gasteiger charge is 2.12. The Hall–Kier alpha value is -1.55. The quantitative estimate of drug-likeness (QED) is 0.806. The highest BCUT2D eigenvalue weighted by atomic mass is 16.5. The van der Waals surface area contributed by atoms with Gasteiger partial charge >= 0.3 is 5.97 Å². The van der Waals surface area contributed by atoms with Crippen molar-refractivity contribution in [3.63, 3.8) is 0 Å². The first-order chi connectivity index (χ1) is 8.16. The standard InChI is InChI=1S/C13H17NO3/c1-9(13(15)16)14-6-4-10-2-3-12-11(8-10)5-7-17-12/h2-3,8-9,14H,4-7H2,1H3,(H,15,16). The number of aliphatic carboxylic acids is 1. The van der Waals surface area contributed by atoms with E-state index in [-0.39, 0.29) is 0 Å². The molecule has 1 aliphatic heterocycles. The third-order valence-electron chi connectivity index (χ3n) is 2.99. The van der Waals surface area contributed by atoms with E-state index < -0.39 is 12.0 Å². The molecule has 0 saturated carbocycles. The summed E-state index contributed by atoms with van der Waals surface area (Å²) in [4.78, 5) is 10.6. The molecule has 0 fully saturated rings. The van der Waals surface area contributed by atoms with E-state index >= 15 is 0 Å². The van der Waals surface area contributed by atoms with Crippen molar-refractivity contribution in [2.24, 2.45) is 0 Å². The van der Waals surface area contributed by atoms with Crippen molar-refractivity contribution < 1.29 is 14.6 Å². The van der Waals surface area contributed by atoms with E-state index in [2.05, 4.69) is 11.4 Å². The number of hydrogen-bond donors (Lipinski definition) is 2. The molecule has 1 aliphatic rings. The van der Waals surface area contributed by atoms with Crippen molar-refractivity contribution in [3.05, 3.63) is 29.3 Å². The van der Waals surface area contributed by atoms with Gasteiger partial charge in [0.25, 0.3) is 0 Å². The van der Waals surface area contributed by atoms with Crippen LogP contribution in [0.5, 0.6) is 5.75 Å². The zero-order chi connectivity index (χ0) is 12.3. The molecule has 1 unspecified atom stereocenters. The molecule has 0 bridgehead atoms. The number of rotatable bonds is 5. The van der Waals surface area contributed by atoms with E-state index in [1.54, 1.807) is 6.92 Å². The Morgan fingerprint density at radius 2 is 2.41 bits per heavy atom. The fourth-order valence-corrected chi connectivity index (χ4v) is 1.92. The number of carboxylic acid groups (broad SMARTS) is 1. The molecule has 0 amide bonds. The van der Waals surface area contributed by atoms with Crippen molar-refractivity contribution in [2.75, 3.05) is 13.2 Å². The lowest BCUT2D eigenvalue weighted by atomic mass is 10.1. The van der Waals surface area contributed by atoms with Crippen LogP contribution in [0, 0.1) is 0 Å². The predicted octanol–water partition coefficient (Wildman–Crippen LogP) is 1.23. The summed E-state index contributed by atoms with van der Waals surface area (Å²) in [7, 11) is 0. The minimum absolute atomic E-state index is 0.493. The molecule has 4 nitrogen and oxygen atoms in total. The lowest BCUT2D eigenvalue weighted by Gasteiger charge is -2.09. The smallest absolute Gasteiger partial charge is 0.320 e. The van der Waals surface area contributed by atoms with Crippen LogP contribution < -0.4 is 10.1 Å². The molecule has 1 aromatic rings. The van der Waals surface area contributed by atoms with Crippen LogP contribution in [0.15, 0.2) is 18.2 Å². The van der Waals surface area contributed by atoms with Gasteiger partial charge in [-0.1, -0.05) is 12.1 Å². The van der Waals surface area contributed by atoms with Gasteiger partial charge in [0, 0.05) is 6.42 Å². The van der Waals surface area contributed by atoms with Crippen LogP contribution in [0.1, 0.15) is 18.1 Å². The van der Waals surface area contributed by atoms with Crippen LogP contribution in [-0.4, -0.2) is 30.3 Å². The Bertz CT molecular complexity index is 417. The fourth-order valence-electron chi connectivity index (χ4n) is 1.92. The number of carbonyl (C=O) groups is 1. The highest BCUT2D eigenvalue weighted by molar-refractivity contribution is 5.72. The molecule has 2 N–H and O–H groups in total. The molecular weight excluding hydrogens is 218 g/mol. The van der Waals surface area contributed by atoms with Crippen molar-refractivity contribution in [1.82, 2.24) is 5.32 Å². The van der Waals surface area contributed by atoms with Gasteiger partial charge < -0.3 is 15.2 Å². The molecular formula is C13H17NO3. The van der Waals surface area contributed by atoms with Gasteiger partial charge in [-0.2, -0.15) is 0 Å². The fraction of sp³-hybridized carbons (Fsp3) is 0.462. The van der Waals surface area contributed by atoms with E-state index in [1.165, 1.54) is 11.1 Å². The minimum atomic E-state index is -0.813. The van der Waals surface area contributed by atoms with Gasteiger partial charge in [0.05, 0.1) is 6.61 Å². The number of hydrogen-bond acceptors (Lipinski definition) is 3. The van der Waals surface area contributed by atoms with Gasteiger partial charge in [0.2, 0.25) is 0 Å². The summed E-state index contributed by atoms with van der Waals surface area (Å²) in [6.45, 7) is 3.10. The number of nitrogens with one attached hydrogen (secondary N) is 1. The Morgan fingerprint density at radius 1 is 1.59 bits per heavy atom. The minimum Gasteiger partial charge on any atom is -0.493 e. The third kappa shape index (κ3) is 2.97. The van der Waals surface area contributed by atoms with Crippen LogP contribution in [-0.2, 0) is 17.6 Å². The van der Waals surface area contributed by atoms with Gasteiger partial charge in [-0.25, -0.2) is 0 Å². The van der Waals surface area contributed by atoms with Crippen LogP contribution in [0.25, 0.3) is 0 Å². The van der Waals surface area contributed by atoms with Crippen LogP contribution in [0.4, 0.5) is 0 Å². The second-order valence-electron chi connectivity index (χ2n) is 4.30. The average Bonchev–Trinajstić information content (AvgIpc) is 2.75. The molecule has 2 rings (SSSR count). The first kappa shape index (κ1) is 11.9. The summed E-state index contributed by atoms with van der Waals surface area (Å²) in [6.07, 6.45) is 1.81. The molecule has 92 valence electrons. The topological polar surface area (TPSA) is 58.6 Å². The lowest BCUT2D eigenvalue weighted by molar-refractivity contribution is -0.138. The number of carboxylic acids is 1. The summed E-state index contributed by atoms with van der Waals surface area (Å²) in [5, 5.41) is 11.7. The molecule has 1 aromatic carbocycles. The molecule has 4 heteroatoms. The predicted molar refractivity (Wildman–Crippen MR) is 64.4 cm³/mol. The first-order valence-corrected chi connectivity index (χ1v) is 5.87. The maximum absolute atomic E-state index is 10.6. The number of benzene rings is 1. The molecule has 17 heavy (non-hydrogen) atoms. The van der Waals surface area contributed by atoms with Crippen molar-refractivity contribution >= 4 is 5.97 Å². The lowest BCUT2D eigenvalue weighted by Crippen LogP contribution is -2.34. The first-order valence-electron chi connectivity index (χ1n) is 5.87. The van der Waals surface area contributed by atoms with Crippen molar-refractivity contribution in [1.29, 1.82) is 0 Å². The number of fused-ring (bicyclic) bond motifs is 1. The van der Waals surface area contributed by atoms with Gasteiger partial charge in [-0.3, -0.25) is 4.79 Å². The Labute approximate surface area is 101 Å². The summed E-state index contributed by atoms with van der Waals surface area (Å²) in [5.41, 5.74) is 2.48. The molecule has 0 aromatic heterocycles. The molecule has 1 heterocycles. The summed E-state index contributed by atoms with van der Waals surface area (Å²) in [5.74, 6) is 0.174. The Morgan fingerprint density at radius 3 is 3.18 bits per heavy atom. The van der Waals surface area contributed by atoms with E-state index in [0.29, 0.717) is 6.54 Å². The summed E-state index contributed by atoms with van der Waals surface area (Å²) in [6, 6.07) is 5.69. The largest absolute Gasteiger partial charge is 0.493 e. The summed E-state index contributed by atoms with van der Waals surface area (Å²) >= 11 is 0. The average molecular weight is 235 g/mol. The second kappa shape index (κ2) is 5.19. The van der Waals surface area contributed by atoms with Gasteiger partial charge in [0.1, 0.15) is 11.8 Å². The number of ether oxygens (including phenoxy) is 1. The zero-order valence-corrected chi connectivity index (χ0v) is 9.90. The normalized spacial score (nSPS) is 15.1. The Kier molecular flexibility index (Phi) is 3.64. The molecule has 0 aliphatic carbocycles. The van der Waals surface area contributed by atoms with Gasteiger partial charge in [-0.05, 0) is 37.1 Å². The molecule has 1 atom stereocenters. The molecule has 0 radical (unpaired) electrons. The monoisotopic (exact) mass is 235 g/mol. The van der Waals surface area contributed by atoms with Gasteiger partial charge in [-0.15, -0.1) is 0 Å². The van der Waals surface area contributed by atoms with E-state index in [9.17, 15) is 4.79 Å². The Balaban J connectivity index is 1.85. The summed E-state index contributed by atoms with van der Waals surface area (Å²) < 4.78 is 5.43. The van der Waals surface area contributed by atoms with Crippen LogP contribution >= 0.6 is 0 Å². The van der Waals surface area contributed by atoms with Crippen molar-refractivity contribution in [2.45, 2.75) is 25.8 Å². The van der Waals surface area contributed by atoms with Crippen LogP contribution in [0.3, 0.4) is 0 Å². The zero-order valence-electron chi connectivity index (χ0n) is 9.90. The molecule has 0 spiro atoms. The van der Waals surface area contributed by atoms with E-state index in [1.807, 2.05) is 12.1 Å². The SMILES string of the molecule is CC(NCCc1ccc2c(c1)CCO2)C(=O)O. The maximum atomic E-state index is 10.6. The third-order valence-corrected chi connectivity index (χ3v) is 2.99. The van der Waals surface area contributed by atoms with Crippen LogP contribution in [0.2, 0.25) is 0 Å². The van der Waals surface area contributed by atoms with E-state index in [0.717, 1.165) is 25.2 Å². The molecule has 0 saturated heterocycles. The van der Waals surface area contributed by atoms with Crippen molar-refractivity contribution in [3.8, 4) is 5.75 Å².